The largest absolute Gasteiger partial charge is 0.503 e. The molecule has 0 saturated carbocycles. The highest BCUT2D eigenvalue weighted by atomic mass is 35.5. The lowest BCUT2D eigenvalue weighted by Gasteiger charge is -2.18. The van der Waals surface area contributed by atoms with Crippen LogP contribution in [0.2, 0.25) is 5.02 Å². The van der Waals surface area contributed by atoms with E-state index in [1.165, 1.54) is 19.4 Å². The van der Waals surface area contributed by atoms with Crippen LogP contribution in [0.3, 0.4) is 0 Å². The van der Waals surface area contributed by atoms with E-state index < -0.39 is 5.91 Å². The number of hydrogen-bond donors (Lipinski definition) is 2. The minimum Gasteiger partial charge on any atom is -0.503 e. The number of benzene rings is 2. The fraction of sp³-hybridized carbons (Fsp3) is 0.240. The number of esters is 1. The standard InChI is InChI=1S/C18H19ClO2.C7H8N2O3/c1-2-18(20)21-17(12-14-7-4-3-5-8-14)13-15-9-6-10-16(19)11-15;1-12-4-2-3-9-5(6(4)10)7(8)11/h3-11,17H,2,12-13H2,1H3;2-3,10H,1H3,(H2,8,11). The van der Waals surface area contributed by atoms with Crippen LogP contribution in [0.1, 0.15) is 35.0 Å². The molecule has 3 aromatic rings. The van der Waals surface area contributed by atoms with Crippen molar-refractivity contribution in [2.75, 3.05) is 7.11 Å². The van der Waals surface area contributed by atoms with Gasteiger partial charge in [-0.2, -0.15) is 0 Å². The van der Waals surface area contributed by atoms with Gasteiger partial charge in [-0.15, -0.1) is 0 Å². The van der Waals surface area contributed by atoms with Crippen molar-refractivity contribution < 1.29 is 24.2 Å². The first-order valence-electron chi connectivity index (χ1n) is 10.3. The van der Waals surface area contributed by atoms with Crippen LogP contribution in [0.25, 0.3) is 0 Å². The van der Waals surface area contributed by atoms with Gasteiger partial charge in [0.25, 0.3) is 5.91 Å². The Balaban J connectivity index is 0.000000273. The summed E-state index contributed by atoms with van der Waals surface area (Å²) in [5.41, 5.74) is 6.97. The van der Waals surface area contributed by atoms with Gasteiger partial charge in [0.1, 0.15) is 6.10 Å². The van der Waals surface area contributed by atoms with Crippen molar-refractivity contribution in [1.29, 1.82) is 0 Å². The van der Waals surface area contributed by atoms with Gasteiger partial charge in [-0.25, -0.2) is 4.98 Å². The minimum absolute atomic E-state index is 0.168. The third-order valence-corrected chi connectivity index (χ3v) is 4.82. The molecule has 1 unspecified atom stereocenters. The van der Waals surface area contributed by atoms with Gasteiger partial charge in [0.05, 0.1) is 7.11 Å². The molecule has 0 aliphatic rings. The number of ether oxygens (including phenoxy) is 2. The Morgan fingerprint density at radius 1 is 1.06 bits per heavy atom. The van der Waals surface area contributed by atoms with E-state index in [1.807, 2.05) is 54.6 Å². The number of carbonyl (C=O) groups is 2. The molecule has 0 aliphatic heterocycles. The zero-order chi connectivity index (χ0) is 24.2. The average Bonchev–Trinajstić information content (AvgIpc) is 2.80. The number of methoxy groups -OCH3 is 1. The molecule has 0 bridgehead atoms. The lowest BCUT2D eigenvalue weighted by Crippen LogP contribution is -2.22. The Bertz CT molecular complexity index is 1060. The number of nitrogens with zero attached hydrogens (tertiary/aromatic N) is 1. The molecular weight excluding hydrogens is 444 g/mol. The van der Waals surface area contributed by atoms with Crippen molar-refractivity contribution in [2.24, 2.45) is 5.73 Å². The van der Waals surface area contributed by atoms with Gasteiger partial charge in [0, 0.05) is 36.5 Å². The molecule has 0 saturated heterocycles. The quantitative estimate of drug-likeness (QED) is 0.473. The number of primary amides is 1. The Labute approximate surface area is 198 Å². The van der Waals surface area contributed by atoms with Gasteiger partial charge < -0.3 is 20.3 Å². The molecule has 1 heterocycles. The normalized spacial score (nSPS) is 11.0. The maximum atomic E-state index is 11.6. The lowest BCUT2D eigenvalue weighted by atomic mass is 10.0. The first-order chi connectivity index (χ1) is 15.8. The predicted molar refractivity (Wildman–Crippen MR) is 126 cm³/mol. The highest BCUT2D eigenvalue weighted by Crippen LogP contribution is 2.26. The number of aromatic hydroxyl groups is 1. The number of aromatic nitrogens is 1. The third kappa shape index (κ3) is 8.46. The number of carbonyl (C=O) groups excluding carboxylic acids is 2. The van der Waals surface area contributed by atoms with Crippen molar-refractivity contribution in [2.45, 2.75) is 32.3 Å². The van der Waals surface area contributed by atoms with Gasteiger partial charge in [-0.05, 0) is 23.3 Å². The molecule has 1 atom stereocenters. The highest BCUT2D eigenvalue weighted by molar-refractivity contribution is 6.30. The zero-order valence-electron chi connectivity index (χ0n) is 18.5. The predicted octanol–water partition coefficient (Wildman–Crippen LogP) is 4.34. The van der Waals surface area contributed by atoms with E-state index in [0.717, 1.165) is 11.1 Å². The Hall–Kier alpha value is -3.58. The van der Waals surface area contributed by atoms with Crippen molar-refractivity contribution in [3.63, 3.8) is 0 Å². The maximum Gasteiger partial charge on any atom is 0.305 e. The van der Waals surface area contributed by atoms with E-state index in [1.54, 1.807) is 6.92 Å². The summed E-state index contributed by atoms with van der Waals surface area (Å²) in [7, 11) is 1.37. The fourth-order valence-corrected chi connectivity index (χ4v) is 3.22. The summed E-state index contributed by atoms with van der Waals surface area (Å²) < 4.78 is 10.3. The molecule has 1 aromatic heterocycles. The summed E-state index contributed by atoms with van der Waals surface area (Å²) in [5, 5.41) is 9.97. The molecular formula is C25H27ClN2O5. The number of amides is 1. The Kier molecular flexibility index (Phi) is 10.2. The summed E-state index contributed by atoms with van der Waals surface area (Å²) in [6.45, 7) is 1.81. The summed E-state index contributed by atoms with van der Waals surface area (Å²) in [5.74, 6) is -1.10. The van der Waals surface area contributed by atoms with E-state index in [9.17, 15) is 14.7 Å². The second-order valence-electron chi connectivity index (χ2n) is 7.06. The van der Waals surface area contributed by atoms with Crippen molar-refractivity contribution in [3.8, 4) is 11.5 Å². The van der Waals surface area contributed by atoms with Crippen molar-refractivity contribution >= 4 is 23.5 Å². The molecule has 3 N–H and O–H groups in total. The fourth-order valence-electron chi connectivity index (χ4n) is 3.01. The molecule has 0 spiro atoms. The second kappa shape index (κ2) is 13.1. The lowest BCUT2D eigenvalue weighted by molar-refractivity contribution is -0.148. The molecule has 3 rings (SSSR count). The van der Waals surface area contributed by atoms with Crippen LogP contribution in [-0.2, 0) is 22.4 Å². The average molecular weight is 471 g/mol. The summed E-state index contributed by atoms with van der Waals surface area (Å²) >= 11 is 6.01. The number of rotatable bonds is 8. The summed E-state index contributed by atoms with van der Waals surface area (Å²) in [6, 6.07) is 19.2. The SMILES string of the molecule is CCC(=O)OC(Cc1ccccc1)Cc1cccc(Cl)c1.COc1ccnc(C(N)=O)c1O. The maximum absolute atomic E-state index is 11.6. The van der Waals surface area contributed by atoms with Gasteiger partial charge in [0.2, 0.25) is 0 Å². The molecule has 8 heteroatoms. The molecule has 33 heavy (non-hydrogen) atoms. The molecule has 0 aliphatic carbocycles. The van der Waals surface area contributed by atoms with Crippen molar-refractivity contribution in [3.05, 3.63) is 88.7 Å². The van der Waals surface area contributed by atoms with Gasteiger partial charge in [-0.1, -0.05) is 61.0 Å². The first kappa shape index (κ1) is 25.7. The van der Waals surface area contributed by atoms with Crippen LogP contribution in [0.5, 0.6) is 11.5 Å². The number of halogens is 1. The van der Waals surface area contributed by atoms with E-state index >= 15 is 0 Å². The van der Waals surface area contributed by atoms with E-state index in [0.29, 0.717) is 24.3 Å². The third-order valence-electron chi connectivity index (χ3n) is 4.59. The van der Waals surface area contributed by atoms with Crippen LogP contribution in [0, 0.1) is 0 Å². The van der Waals surface area contributed by atoms with Gasteiger partial charge >= 0.3 is 5.97 Å². The van der Waals surface area contributed by atoms with Crippen LogP contribution >= 0.6 is 11.6 Å². The first-order valence-corrected chi connectivity index (χ1v) is 10.7. The summed E-state index contributed by atoms with van der Waals surface area (Å²) in [6.07, 6.45) is 2.93. The van der Waals surface area contributed by atoms with Gasteiger partial charge in [-0.3, -0.25) is 9.59 Å². The number of nitrogens with two attached hydrogens (primary N) is 1. The molecule has 0 radical (unpaired) electrons. The highest BCUT2D eigenvalue weighted by Gasteiger charge is 2.15. The zero-order valence-corrected chi connectivity index (χ0v) is 19.3. The Morgan fingerprint density at radius 2 is 1.73 bits per heavy atom. The number of hydrogen-bond acceptors (Lipinski definition) is 6. The molecule has 174 valence electrons. The van der Waals surface area contributed by atoms with Crippen molar-refractivity contribution in [1.82, 2.24) is 4.98 Å². The van der Waals surface area contributed by atoms with Crippen LogP contribution in [0.4, 0.5) is 0 Å². The van der Waals surface area contributed by atoms with E-state index in [4.69, 9.17) is 26.8 Å². The molecule has 1 amide bonds. The van der Waals surface area contributed by atoms with E-state index in [2.05, 4.69) is 4.98 Å². The van der Waals surface area contributed by atoms with Crippen LogP contribution in [0.15, 0.2) is 66.9 Å². The van der Waals surface area contributed by atoms with Gasteiger partial charge in [0.15, 0.2) is 17.2 Å². The number of pyridine rings is 1. The van der Waals surface area contributed by atoms with E-state index in [-0.39, 0.29) is 29.3 Å². The van der Waals surface area contributed by atoms with Crippen LogP contribution < -0.4 is 10.5 Å². The topological polar surface area (TPSA) is 112 Å². The Morgan fingerprint density at radius 3 is 2.33 bits per heavy atom. The monoisotopic (exact) mass is 470 g/mol. The second-order valence-corrected chi connectivity index (χ2v) is 7.50. The molecule has 7 nitrogen and oxygen atoms in total. The smallest absolute Gasteiger partial charge is 0.305 e. The minimum atomic E-state index is -0.786. The summed E-state index contributed by atoms with van der Waals surface area (Å²) in [4.78, 5) is 25.8. The molecule has 2 aromatic carbocycles. The molecule has 0 fully saturated rings. The van der Waals surface area contributed by atoms with Crippen LogP contribution in [-0.4, -0.2) is 35.2 Å².